The number of anilines is 2. The number of nitrogens with one attached hydrogen (secondary N) is 1. The van der Waals surface area contributed by atoms with Crippen LogP contribution in [0.5, 0.6) is 0 Å². The van der Waals surface area contributed by atoms with E-state index in [-0.39, 0.29) is 23.2 Å². The van der Waals surface area contributed by atoms with Gasteiger partial charge in [0, 0.05) is 30.9 Å². The van der Waals surface area contributed by atoms with E-state index < -0.39 is 0 Å². The lowest BCUT2D eigenvalue weighted by Crippen LogP contribution is -2.28. The number of nitrogens with zero attached hydrogens (tertiary/aromatic N) is 3. The summed E-state index contributed by atoms with van der Waals surface area (Å²) in [7, 11) is 3.91. The highest BCUT2D eigenvalue weighted by atomic mass is 16.2. The molecule has 1 amide bonds. The third kappa shape index (κ3) is 3.31. The van der Waals surface area contributed by atoms with Crippen molar-refractivity contribution < 1.29 is 4.79 Å². The summed E-state index contributed by atoms with van der Waals surface area (Å²) in [5.74, 6) is -0.340. The third-order valence-corrected chi connectivity index (χ3v) is 4.17. The summed E-state index contributed by atoms with van der Waals surface area (Å²) in [4.78, 5) is 27.4. The van der Waals surface area contributed by atoms with Crippen LogP contribution in [-0.4, -0.2) is 29.8 Å². The van der Waals surface area contributed by atoms with Crippen LogP contribution in [0.1, 0.15) is 30.4 Å². The van der Waals surface area contributed by atoms with Crippen LogP contribution in [0.25, 0.3) is 10.8 Å². The van der Waals surface area contributed by atoms with Gasteiger partial charge in [0.25, 0.3) is 11.5 Å². The van der Waals surface area contributed by atoms with Crippen LogP contribution in [0.3, 0.4) is 0 Å². The Morgan fingerprint density at radius 1 is 1.04 bits per heavy atom. The summed E-state index contributed by atoms with van der Waals surface area (Å²) in [5.41, 5.74) is 1.77. The Morgan fingerprint density at radius 3 is 2.23 bits per heavy atom. The number of carbonyl (C=O) groups is 1. The highest BCUT2D eigenvalue weighted by Crippen LogP contribution is 2.19. The van der Waals surface area contributed by atoms with Crippen molar-refractivity contribution >= 4 is 28.1 Å². The average Bonchev–Trinajstić information content (AvgIpc) is 2.62. The van der Waals surface area contributed by atoms with Crippen LogP contribution in [0.15, 0.2) is 53.3 Å². The average molecular weight is 350 g/mol. The number of amides is 1. The molecule has 1 heterocycles. The van der Waals surface area contributed by atoms with Gasteiger partial charge in [-0.3, -0.25) is 9.59 Å². The second-order valence-corrected chi connectivity index (χ2v) is 6.63. The second kappa shape index (κ2) is 7.00. The SMILES string of the molecule is CC(C)n1nc(C(=O)Nc2ccc(N(C)C)cc2)c2ccccc2c1=O. The quantitative estimate of drug-likeness (QED) is 0.784. The fourth-order valence-corrected chi connectivity index (χ4v) is 2.76. The summed E-state index contributed by atoms with van der Waals surface area (Å²) in [6, 6.07) is 14.5. The van der Waals surface area contributed by atoms with Gasteiger partial charge in [-0.2, -0.15) is 5.10 Å². The Morgan fingerprint density at radius 2 is 1.65 bits per heavy atom. The lowest BCUT2D eigenvalue weighted by atomic mass is 10.1. The summed E-state index contributed by atoms with van der Waals surface area (Å²) in [6.45, 7) is 3.73. The molecule has 2 aromatic carbocycles. The fraction of sp³-hybridized carbons (Fsp3) is 0.250. The van der Waals surface area contributed by atoms with Crippen LogP contribution in [0.2, 0.25) is 0 Å². The van der Waals surface area contributed by atoms with Gasteiger partial charge in [-0.1, -0.05) is 18.2 Å². The second-order valence-electron chi connectivity index (χ2n) is 6.63. The molecular weight excluding hydrogens is 328 g/mol. The Balaban J connectivity index is 2.02. The minimum absolute atomic E-state index is 0.141. The van der Waals surface area contributed by atoms with E-state index in [0.29, 0.717) is 16.5 Å². The molecule has 26 heavy (non-hydrogen) atoms. The van der Waals surface area contributed by atoms with Crippen molar-refractivity contribution in [2.24, 2.45) is 0 Å². The maximum absolute atomic E-state index is 12.8. The number of rotatable bonds is 4. The van der Waals surface area contributed by atoms with Gasteiger partial charge < -0.3 is 10.2 Å². The highest BCUT2D eigenvalue weighted by molar-refractivity contribution is 6.11. The third-order valence-electron chi connectivity index (χ3n) is 4.17. The standard InChI is InChI=1S/C20H22N4O2/c1-13(2)24-20(26)17-8-6-5-7-16(17)18(22-24)19(25)21-14-9-11-15(12-10-14)23(3)4/h5-13H,1-4H3,(H,21,25). The van der Waals surface area contributed by atoms with E-state index in [4.69, 9.17) is 0 Å². The van der Waals surface area contributed by atoms with E-state index >= 15 is 0 Å². The van der Waals surface area contributed by atoms with Crippen molar-refractivity contribution in [2.45, 2.75) is 19.9 Å². The first-order valence-electron chi connectivity index (χ1n) is 8.49. The van der Waals surface area contributed by atoms with Gasteiger partial charge in [0.15, 0.2) is 5.69 Å². The van der Waals surface area contributed by atoms with Crippen LogP contribution in [0, 0.1) is 0 Å². The zero-order valence-electron chi connectivity index (χ0n) is 15.4. The first kappa shape index (κ1) is 17.7. The lowest BCUT2D eigenvalue weighted by Gasteiger charge is -2.14. The molecule has 0 aliphatic carbocycles. The van der Waals surface area contributed by atoms with Gasteiger partial charge in [0.05, 0.1) is 11.4 Å². The number of carbonyl (C=O) groups excluding carboxylic acids is 1. The lowest BCUT2D eigenvalue weighted by molar-refractivity contribution is 0.102. The first-order chi connectivity index (χ1) is 12.4. The molecule has 1 N–H and O–H groups in total. The van der Waals surface area contributed by atoms with E-state index in [0.717, 1.165) is 5.69 Å². The Bertz CT molecular complexity index is 1000. The molecule has 3 aromatic rings. The molecule has 6 heteroatoms. The summed E-state index contributed by atoms with van der Waals surface area (Å²) in [5, 5.41) is 8.24. The molecule has 0 aliphatic rings. The molecule has 0 saturated heterocycles. The van der Waals surface area contributed by atoms with E-state index in [9.17, 15) is 9.59 Å². The van der Waals surface area contributed by atoms with Crippen molar-refractivity contribution in [2.75, 3.05) is 24.3 Å². The van der Waals surface area contributed by atoms with E-state index in [1.165, 1.54) is 4.68 Å². The molecule has 1 aromatic heterocycles. The molecule has 0 spiro atoms. The number of aromatic nitrogens is 2. The van der Waals surface area contributed by atoms with E-state index in [1.807, 2.05) is 57.1 Å². The molecule has 0 bridgehead atoms. The molecule has 0 radical (unpaired) electrons. The largest absolute Gasteiger partial charge is 0.378 e. The summed E-state index contributed by atoms with van der Waals surface area (Å²) >= 11 is 0. The van der Waals surface area contributed by atoms with Crippen LogP contribution in [-0.2, 0) is 0 Å². The smallest absolute Gasteiger partial charge is 0.276 e. The van der Waals surface area contributed by atoms with Crippen molar-refractivity contribution in [1.82, 2.24) is 9.78 Å². The molecule has 0 aliphatic heterocycles. The summed E-state index contributed by atoms with van der Waals surface area (Å²) in [6.07, 6.45) is 0. The van der Waals surface area contributed by atoms with Crippen molar-refractivity contribution in [3.63, 3.8) is 0 Å². The number of hydrogen-bond donors (Lipinski definition) is 1. The Kier molecular flexibility index (Phi) is 4.75. The fourth-order valence-electron chi connectivity index (χ4n) is 2.76. The van der Waals surface area contributed by atoms with Gasteiger partial charge in [-0.25, -0.2) is 4.68 Å². The van der Waals surface area contributed by atoms with Crippen molar-refractivity contribution in [3.05, 3.63) is 64.6 Å². The van der Waals surface area contributed by atoms with Gasteiger partial charge in [-0.15, -0.1) is 0 Å². The van der Waals surface area contributed by atoms with Gasteiger partial charge in [0.2, 0.25) is 0 Å². The number of fused-ring (bicyclic) bond motifs is 1. The van der Waals surface area contributed by atoms with Crippen molar-refractivity contribution in [3.8, 4) is 0 Å². The zero-order chi connectivity index (χ0) is 18.8. The molecule has 0 fully saturated rings. The topological polar surface area (TPSA) is 67.2 Å². The van der Waals surface area contributed by atoms with Gasteiger partial charge >= 0.3 is 0 Å². The Hall–Kier alpha value is -3.15. The maximum Gasteiger partial charge on any atom is 0.276 e. The minimum atomic E-state index is -0.340. The molecule has 0 saturated carbocycles. The molecular formula is C20H22N4O2. The highest BCUT2D eigenvalue weighted by Gasteiger charge is 2.18. The Labute approximate surface area is 152 Å². The first-order valence-corrected chi connectivity index (χ1v) is 8.49. The van der Waals surface area contributed by atoms with Crippen LogP contribution < -0.4 is 15.8 Å². The molecule has 0 atom stereocenters. The predicted octanol–water partition coefficient (Wildman–Crippen LogP) is 3.30. The zero-order valence-corrected chi connectivity index (χ0v) is 15.4. The van der Waals surface area contributed by atoms with Crippen LogP contribution >= 0.6 is 0 Å². The van der Waals surface area contributed by atoms with E-state index in [2.05, 4.69) is 10.4 Å². The molecule has 3 rings (SSSR count). The molecule has 0 unspecified atom stereocenters. The molecule has 134 valence electrons. The van der Waals surface area contributed by atoms with Crippen LogP contribution in [0.4, 0.5) is 11.4 Å². The monoisotopic (exact) mass is 350 g/mol. The van der Waals surface area contributed by atoms with Gasteiger partial charge in [0.1, 0.15) is 0 Å². The maximum atomic E-state index is 12.8. The van der Waals surface area contributed by atoms with Crippen molar-refractivity contribution in [1.29, 1.82) is 0 Å². The summed E-state index contributed by atoms with van der Waals surface area (Å²) < 4.78 is 1.35. The van der Waals surface area contributed by atoms with Gasteiger partial charge in [-0.05, 0) is 44.2 Å². The number of hydrogen-bond acceptors (Lipinski definition) is 4. The minimum Gasteiger partial charge on any atom is -0.378 e. The normalized spacial score (nSPS) is 11.0. The van der Waals surface area contributed by atoms with E-state index in [1.54, 1.807) is 24.3 Å². The predicted molar refractivity (Wildman–Crippen MR) is 105 cm³/mol. The molecule has 6 nitrogen and oxygen atoms in total. The number of benzene rings is 2.